The van der Waals surface area contributed by atoms with Crippen LogP contribution in [0.25, 0.3) is 0 Å². The quantitative estimate of drug-likeness (QED) is 0.614. The molecule has 5 heteroatoms. The molecule has 122 valence electrons. The van der Waals surface area contributed by atoms with Gasteiger partial charge in [-0.1, -0.05) is 49.0 Å². The van der Waals surface area contributed by atoms with E-state index >= 15 is 0 Å². The summed E-state index contributed by atoms with van der Waals surface area (Å²) in [6, 6.07) is 16.1. The van der Waals surface area contributed by atoms with E-state index in [2.05, 4.69) is 19.1 Å². The molecule has 1 unspecified atom stereocenters. The first-order valence-electron chi connectivity index (χ1n) is 7.75. The molecule has 0 radical (unpaired) electrons. The molecule has 3 nitrogen and oxygen atoms in total. The van der Waals surface area contributed by atoms with Crippen molar-refractivity contribution >= 4 is 11.8 Å². The van der Waals surface area contributed by atoms with Gasteiger partial charge in [0.05, 0.1) is 12.5 Å². The Bertz CT molecular complexity index is 636. The second-order valence-corrected chi connectivity index (χ2v) is 6.85. The first kappa shape index (κ1) is 20.7. The van der Waals surface area contributed by atoms with Crippen molar-refractivity contribution in [3.05, 3.63) is 60.7 Å². The molecule has 1 heterocycles. The summed E-state index contributed by atoms with van der Waals surface area (Å²) in [6.07, 6.45) is 1.04. The van der Waals surface area contributed by atoms with Gasteiger partial charge in [0.25, 0.3) is 0 Å². The van der Waals surface area contributed by atoms with E-state index in [1.165, 1.54) is 0 Å². The molecule has 0 saturated carbocycles. The molecular weight excluding hydrogens is 441 g/mol. The van der Waals surface area contributed by atoms with Crippen LogP contribution in [0.5, 0.6) is 11.5 Å². The van der Waals surface area contributed by atoms with Crippen molar-refractivity contribution in [1.29, 1.82) is 0 Å². The van der Waals surface area contributed by atoms with Crippen LogP contribution < -0.4 is 78.4 Å². The molecule has 2 atom stereocenters. The zero-order valence-corrected chi connectivity index (χ0v) is 21.5. The summed E-state index contributed by atoms with van der Waals surface area (Å²) in [5, 5.41) is 0. The Morgan fingerprint density at radius 2 is 1.96 bits per heavy atom. The van der Waals surface area contributed by atoms with Crippen LogP contribution >= 0.6 is 11.8 Å². The van der Waals surface area contributed by atoms with Crippen molar-refractivity contribution in [2.75, 3.05) is 7.11 Å². The SMILES string of the molecule is COc1ccc(SC2C[C@@H](C)[CH-]O2)cc1OCc1ccccc1.[Cs+]. The molecular formula is C19H21CsO3S. The minimum atomic E-state index is 0. The molecule has 0 amide bonds. The Labute approximate surface area is 207 Å². The monoisotopic (exact) mass is 462 g/mol. The van der Waals surface area contributed by atoms with Gasteiger partial charge in [0.15, 0.2) is 11.5 Å². The van der Waals surface area contributed by atoms with E-state index in [0.717, 1.165) is 28.4 Å². The minimum Gasteiger partial charge on any atom is -0.542 e. The van der Waals surface area contributed by atoms with Gasteiger partial charge in [0.2, 0.25) is 0 Å². The van der Waals surface area contributed by atoms with Crippen molar-refractivity contribution in [3.63, 3.8) is 0 Å². The molecule has 1 aliphatic rings. The zero-order chi connectivity index (χ0) is 16.1. The van der Waals surface area contributed by atoms with E-state index in [4.69, 9.17) is 14.2 Å². The standard InChI is InChI=1S/C19H21O3S.Cs/c1-14-10-19(22-12-14)23-16-8-9-17(20-2)18(11-16)21-13-15-6-4-3-5-7-15;/h3-9,11-12,14,19H,10,13H2,1-2H3;/q-1;+1/t14-,19?;/m1./s1. The summed E-state index contributed by atoms with van der Waals surface area (Å²) in [7, 11) is 1.66. The first-order chi connectivity index (χ1) is 11.2. The van der Waals surface area contributed by atoms with Crippen molar-refractivity contribution in [3.8, 4) is 11.5 Å². The van der Waals surface area contributed by atoms with E-state index in [9.17, 15) is 0 Å². The maximum atomic E-state index is 5.95. The van der Waals surface area contributed by atoms with E-state index in [1.54, 1.807) is 18.9 Å². The normalized spacial score (nSPS) is 19.6. The maximum Gasteiger partial charge on any atom is 1.00 e. The summed E-state index contributed by atoms with van der Waals surface area (Å²) in [5.74, 6) is 2.02. The van der Waals surface area contributed by atoms with Crippen molar-refractivity contribution in [2.45, 2.75) is 30.3 Å². The Morgan fingerprint density at radius 1 is 1.17 bits per heavy atom. The van der Waals surface area contributed by atoms with E-state index in [-0.39, 0.29) is 74.3 Å². The predicted octanol–water partition coefficient (Wildman–Crippen LogP) is 1.91. The van der Waals surface area contributed by atoms with Gasteiger partial charge in [-0.25, -0.2) is 6.61 Å². The third-order valence-electron chi connectivity index (χ3n) is 3.67. The summed E-state index contributed by atoms with van der Waals surface area (Å²) in [6.45, 7) is 4.62. The number of hydrogen-bond acceptors (Lipinski definition) is 4. The number of thioether (sulfide) groups is 1. The Balaban J connectivity index is 0.00000208. The number of hydrogen-bond donors (Lipinski definition) is 0. The third kappa shape index (κ3) is 5.99. The fourth-order valence-electron chi connectivity index (χ4n) is 2.44. The van der Waals surface area contributed by atoms with E-state index in [1.807, 2.05) is 43.0 Å². The van der Waals surface area contributed by atoms with E-state index in [0.29, 0.717) is 12.5 Å². The number of benzene rings is 2. The predicted molar refractivity (Wildman–Crippen MR) is 92.6 cm³/mol. The maximum absolute atomic E-state index is 5.95. The number of methoxy groups -OCH3 is 1. The van der Waals surface area contributed by atoms with Crippen LogP contribution in [0.3, 0.4) is 0 Å². The van der Waals surface area contributed by atoms with Crippen LogP contribution in [0, 0.1) is 12.5 Å². The molecule has 1 fully saturated rings. The summed E-state index contributed by atoms with van der Waals surface area (Å²) in [5.41, 5.74) is 1.32. The molecule has 2 aromatic rings. The molecule has 1 aliphatic heterocycles. The average Bonchev–Trinajstić information content (AvgIpc) is 2.99. The van der Waals surface area contributed by atoms with Crippen molar-refractivity contribution in [1.82, 2.24) is 0 Å². The molecule has 0 spiro atoms. The Morgan fingerprint density at radius 3 is 2.62 bits per heavy atom. The molecule has 0 aromatic heterocycles. The second-order valence-electron chi connectivity index (χ2n) is 5.62. The van der Waals surface area contributed by atoms with Crippen LogP contribution in [0.4, 0.5) is 0 Å². The average molecular weight is 462 g/mol. The fraction of sp³-hybridized carbons (Fsp3) is 0.316. The van der Waals surface area contributed by atoms with Crippen molar-refractivity contribution < 1.29 is 83.1 Å². The zero-order valence-electron chi connectivity index (χ0n) is 14.4. The van der Waals surface area contributed by atoms with Gasteiger partial charge in [-0.05, 0) is 30.2 Å². The summed E-state index contributed by atoms with van der Waals surface area (Å²) >= 11 is 1.72. The van der Waals surface area contributed by atoms with Gasteiger partial charge < -0.3 is 14.2 Å². The first-order valence-corrected chi connectivity index (χ1v) is 8.63. The van der Waals surface area contributed by atoms with Crippen LogP contribution in [-0.2, 0) is 11.3 Å². The topological polar surface area (TPSA) is 27.7 Å². The largest absolute Gasteiger partial charge is 1.00 e. The molecule has 1 saturated heterocycles. The van der Waals surface area contributed by atoms with Crippen molar-refractivity contribution in [2.24, 2.45) is 5.92 Å². The molecule has 2 aromatic carbocycles. The molecule has 3 rings (SSSR count). The van der Waals surface area contributed by atoms with Gasteiger partial charge in [0, 0.05) is 4.90 Å². The van der Waals surface area contributed by atoms with Crippen LogP contribution in [-0.4, -0.2) is 12.5 Å². The third-order valence-corrected chi connectivity index (χ3v) is 4.76. The summed E-state index contributed by atoms with van der Waals surface area (Å²) < 4.78 is 17.0. The smallest absolute Gasteiger partial charge is 0.542 e. The van der Waals surface area contributed by atoms with Gasteiger partial charge in [-0.2, -0.15) is 0 Å². The van der Waals surface area contributed by atoms with Gasteiger partial charge in [-0.3, -0.25) is 0 Å². The number of ether oxygens (including phenoxy) is 3. The summed E-state index contributed by atoms with van der Waals surface area (Å²) in [4.78, 5) is 1.13. The molecule has 24 heavy (non-hydrogen) atoms. The molecule has 0 N–H and O–H groups in total. The van der Waals surface area contributed by atoms with Gasteiger partial charge in [-0.15, -0.1) is 5.92 Å². The van der Waals surface area contributed by atoms with E-state index < -0.39 is 0 Å². The Hall–Kier alpha value is 0.402. The number of rotatable bonds is 6. The van der Waals surface area contributed by atoms with Crippen LogP contribution in [0.1, 0.15) is 18.9 Å². The van der Waals surface area contributed by atoms with Gasteiger partial charge in [0.1, 0.15) is 6.61 Å². The second kappa shape index (κ2) is 10.5. The molecule has 0 bridgehead atoms. The fourth-order valence-corrected chi connectivity index (χ4v) is 3.59. The van der Waals surface area contributed by atoms with Crippen LogP contribution in [0.15, 0.2) is 53.4 Å². The van der Waals surface area contributed by atoms with Gasteiger partial charge >= 0.3 is 68.9 Å². The van der Waals surface area contributed by atoms with Crippen LogP contribution in [0.2, 0.25) is 0 Å². The Kier molecular flexibility index (Phi) is 9.08. The minimum absolute atomic E-state index is 0. The molecule has 0 aliphatic carbocycles.